The van der Waals surface area contributed by atoms with Crippen molar-refractivity contribution in [2.45, 2.75) is 19.3 Å². The molecule has 0 aromatic heterocycles. The lowest BCUT2D eigenvalue weighted by Gasteiger charge is -2.28. The normalized spacial score (nSPS) is 15.5. The van der Waals surface area contributed by atoms with Crippen LogP contribution in [-0.4, -0.2) is 30.8 Å². The number of piperidine rings is 1. The summed E-state index contributed by atoms with van der Waals surface area (Å²) in [4.78, 5) is 42.1. The second-order valence-corrected chi connectivity index (χ2v) is 8.61. The number of fused-ring (bicyclic) bond motifs is 1. The van der Waals surface area contributed by atoms with Crippen LogP contribution in [0.25, 0.3) is 0 Å². The van der Waals surface area contributed by atoms with Gasteiger partial charge in [-0.1, -0.05) is 23.7 Å². The van der Waals surface area contributed by atoms with Gasteiger partial charge < -0.3 is 10.2 Å². The number of nitrogens with one attached hydrogen (secondary N) is 1. The fourth-order valence-electron chi connectivity index (χ4n) is 4.34. The van der Waals surface area contributed by atoms with E-state index < -0.39 is 11.8 Å². The van der Waals surface area contributed by atoms with Crippen LogP contribution in [0.15, 0.2) is 66.7 Å². The SMILES string of the molecule is O=C(Nc1ccc(N2CCCCC2)cc1)c1ccc2c(c1)C(=O)N(c1ccccc1Cl)C2=O. The third-order valence-electron chi connectivity index (χ3n) is 6.09. The van der Waals surface area contributed by atoms with Gasteiger partial charge in [-0.3, -0.25) is 14.4 Å². The third kappa shape index (κ3) is 3.98. The third-order valence-corrected chi connectivity index (χ3v) is 6.41. The quantitative estimate of drug-likeness (QED) is 0.531. The van der Waals surface area contributed by atoms with Gasteiger partial charge in [-0.2, -0.15) is 0 Å². The number of hydrogen-bond donors (Lipinski definition) is 1. The van der Waals surface area contributed by atoms with Crippen molar-refractivity contribution in [3.63, 3.8) is 0 Å². The van der Waals surface area contributed by atoms with Crippen molar-refractivity contribution in [3.8, 4) is 0 Å². The Kier molecular flexibility index (Phi) is 5.60. The molecule has 0 spiro atoms. The van der Waals surface area contributed by atoms with Gasteiger partial charge >= 0.3 is 0 Å². The topological polar surface area (TPSA) is 69.7 Å². The van der Waals surface area contributed by atoms with Crippen LogP contribution in [-0.2, 0) is 0 Å². The van der Waals surface area contributed by atoms with Crippen molar-refractivity contribution in [1.29, 1.82) is 0 Å². The molecule has 2 aliphatic rings. The summed E-state index contributed by atoms with van der Waals surface area (Å²) < 4.78 is 0. The van der Waals surface area contributed by atoms with Crippen LogP contribution >= 0.6 is 11.6 Å². The first-order valence-corrected chi connectivity index (χ1v) is 11.3. The molecule has 0 saturated carbocycles. The second-order valence-electron chi connectivity index (χ2n) is 8.21. The minimum Gasteiger partial charge on any atom is -0.372 e. The number of nitrogens with zero attached hydrogens (tertiary/aromatic N) is 2. The summed E-state index contributed by atoms with van der Waals surface area (Å²) in [5.74, 6) is -1.30. The van der Waals surface area contributed by atoms with Crippen molar-refractivity contribution in [2.24, 2.45) is 0 Å². The zero-order valence-electron chi connectivity index (χ0n) is 17.9. The molecule has 33 heavy (non-hydrogen) atoms. The Hall–Kier alpha value is -3.64. The summed E-state index contributed by atoms with van der Waals surface area (Å²) in [7, 11) is 0. The fraction of sp³-hybridized carbons (Fsp3) is 0.192. The number of hydrogen-bond acceptors (Lipinski definition) is 4. The van der Waals surface area contributed by atoms with E-state index in [0.717, 1.165) is 23.7 Å². The molecule has 5 rings (SSSR count). The Morgan fingerprint density at radius 2 is 1.52 bits per heavy atom. The Balaban J connectivity index is 1.34. The first kappa shape index (κ1) is 21.2. The average molecular weight is 460 g/mol. The molecule has 0 atom stereocenters. The van der Waals surface area contributed by atoms with E-state index in [9.17, 15) is 14.4 Å². The summed E-state index contributed by atoms with van der Waals surface area (Å²) in [6.45, 7) is 2.11. The Morgan fingerprint density at radius 3 is 2.24 bits per heavy atom. The Morgan fingerprint density at radius 1 is 0.818 bits per heavy atom. The highest BCUT2D eigenvalue weighted by atomic mass is 35.5. The van der Waals surface area contributed by atoms with Gasteiger partial charge in [0.1, 0.15) is 0 Å². The van der Waals surface area contributed by atoms with Crippen LogP contribution in [0, 0.1) is 0 Å². The van der Waals surface area contributed by atoms with Gasteiger partial charge in [0.2, 0.25) is 0 Å². The molecule has 2 aliphatic heterocycles. The molecule has 0 unspecified atom stereocenters. The zero-order chi connectivity index (χ0) is 22.9. The summed E-state index contributed by atoms with van der Waals surface area (Å²) in [5.41, 5.74) is 2.88. The van der Waals surface area contributed by atoms with E-state index in [2.05, 4.69) is 10.2 Å². The molecule has 0 aliphatic carbocycles. The standard InChI is InChI=1S/C26H22ClN3O3/c27-22-6-2-3-7-23(22)30-25(32)20-13-8-17(16-21(20)26(30)33)24(31)28-18-9-11-19(12-10-18)29-14-4-1-5-15-29/h2-3,6-13,16H,1,4-5,14-15H2,(H,28,31). The van der Waals surface area contributed by atoms with E-state index in [4.69, 9.17) is 11.6 Å². The van der Waals surface area contributed by atoms with Crippen LogP contribution in [0.2, 0.25) is 5.02 Å². The molecule has 1 N–H and O–H groups in total. The van der Waals surface area contributed by atoms with Crippen LogP contribution in [0.5, 0.6) is 0 Å². The maximum atomic E-state index is 13.0. The predicted octanol–water partition coefficient (Wildman–Crippen LogP) is 5.38. The summed E-state index contributed by atoms with van der Waals surface area (Å²) >= 11 is 6.20. The Labute approximate surface area is 196 Å². The van der Waals surface area contributed by atoms with E-state index in [1.54, 1.807) is 30.3 Å². The summed E-state index contributed by atoms with van der Waals surface area (Å²) in [6.07, 6.45) is 3.67. The van der Waals surface area contributed by atoms with Crippen molar-refractivity contribution in [2.75, 3.05) is 28.2 Å². The molecule has 3 amide bonds. The van der Waals surface area contributed by atoms with Gasteiger partial charge in [-0.05, 0) is 73.9 Å². The molecule has 0 radical (unpaired) electrons. The maximum absolute atomic E-state index is 13.0. The lowest BCUT2D eigenvalue weighted by molar-refractivity contribution is 0.0925. The zero-order valence-corrected chi connectivity index (χ0v) is 18.6. The van der Waals surface area contributed by atoms with E-state index in [0.29, 0.717) is 22.0 Å². The smallest absolute Gasteiger partial charge is 0.266 e. The Bertz CT molecular complexity index is 1250. The lowest BCUT2D eigenvalue weighted by Crippen LogP contribution is -2.29. The number of halogens is 1. The largest absolute Gasteiger partial charge is 0.372 e. The van der Waals surface area contributed by atoms with Gasteiger partial charge in [-0.25, -0.2) is 4.90 Å². The molecule has 6 nitrogen and oxygen atoms in total. The fourth-order valence-corrected chi connectivity index (χ4v) is 4.57. The summed E-state index contributed by atoms with van der Waals surface area (Å²) in [6, 6.07) is 19.0. The molecule has 3 aromatic carbocycles. The van der Waals surface area contributed by atoms with Crippen LogP contribution < -0.4 is 15.1 Å². The molecule has 166 valence electrons. The summed E-state index contributed by atoms with van der Waals surface area (Å²) in [5, 5.41) is 3.17. The molecule has 2 heterocycles. The lowest BCUT2D eigenvalue weighted by atomic mass is 10.1. The first-order valence-electron chi connectivity index (χ1n) is 11.0. The number of para-hydroxylation sites is 1. The molecule has 0 bridgehead atoms. The number of imide groups is 1. The highest BCUT2D eigenvalue weighted by Crippen LogP contribution is 2.33. The molecule has 1 fully saturated rings. The van der Waals surface area contributed by atoms with E-state index in [1.807, 2.05) is 24.3 Å². The molecule has 1 saturated heterocycles. The van der Waals surface area contributed by atoms with Gasteiger partial charge in [0, 0.05) is 30.0 Å². The van der Waals surface area contributed by atoms with E-state index in [-0.39, 0.29) is 17.0 Å². The number of benzene rings is 3. The molecular weight excluding hydrogens is 438 g/mol. The maximum Gasteiger partial charge on any atom is 0.266 e. The van der Waals surface area contributed by atoms with Crippen molar-refractivity contribution in [3.05, 3.63) is 88.4 Å². The van der Waals surface area contributed by atoms with E-state index >= 15 is 0 Å². The second kappa shape index (κ2) is 8.71. The van der Waals surface area contributed by atoms with E-state index in [1.165, 1.54) is 31.4 Å². The number of carbonyl (C=O) groups excluding carboxylic acids is 3. The average Bonchev–Trinajstić information content (AvgIpc) is 3.10. The van der Waals surface area contributed by atoms with Gasteiger partial charge in [0.05, 0.1) is 21.8 Å². The number of carbonyl (C=O) groups is 3. The van der Waals surface area contributed by atoms with Crippen LogP contribution in [0.1, 0.15) is 50.3 Å². The molecule has 7 heteroatoms. The molecular formula is C26H22ClN3O3. The monoisotopic (exact) mass is 459 g/mol. The van der Waals surface area contributed by atoms with Crippen LogP contribution in [0.4, 0.5) is 17.1 Å². The van der Waals surface area contributed by atoms with Gasteiger partial charge in [0.25, 0.3) is 17.7 Å². The number of amides is 3. The molecule has 3 aromatic rings. The van der Waals surface area contributed by atoms with Crippen molar-refractivity contribution < 1.29 is 14.4 Å². The minimum absolute atomic E-state index is 0.188. The first-order chi connectivity index (χ1) is 16.0. The number of rotatable bonds is 4. The predicted molar refractivity (Wildman–Crippen MR) is 129 cm³/mol. The van der Waals surface area contributed by atoms with Gasteiger partial charge in [0.15, 0.2) is 0 Å². The van der Waals surface area contributed by atoms with Gasteiger partial charge in [-0.15, -0.1) is 0 Å². The van der Waals surface area contributed by atoms with Crippen molar-refractivity contribution >= 4 is 46.4 Å². The van der Waals surface area contributed by atoms with Crippen LogP contribution in [0.3, 0.4) is 0 Å². The highest BCUT2D eigenvalue weighted by molar-refractivity contribution is 6.40. The minimum atomic E-state index is -0.497. The number of anilines is 3. The highest BCUT2D eigenvalue weighted by Gasteiger charge is 2.38. The van der Waals surface area contributed by atoms with Crippen molar-refractivity contribution in [1.82, 2.24) is 0 Å².